The predicted molar refractivity (Wildman–Crippen MR) is 103 cm³/mol. The molecular formula is C19H18Cl2O5S. The van der Waals surface area contributed by atoms with Gasteiger partial charge in [-0.15, -0.1) is 0 Å². The highest BCUT2D eigenvalue weighted by atomic mass is 35.5. The van der Waals surface area contributed by atoms with Crippen LogP contribution in [0.15, 0.2) is 41.3 Å². The van der Waals surface area contributed by atoms with Gasteiger partial charge in [0.25, 0.3) is 0 Å². The van der Waals surface area contributed by atoms with Gasteiger partial charge in [-0.2, -0.15) is 0 Å². The molecule has 144 valence electrons. The van der Waals surface area contributed by atoms with Gasteiger partial charge < -0.3 is 9.84 Å². The molecule has 0 saturated heterocycles. The first-order valence-corrected chi connectivity index (χ1v) is 10.8. The van der Waals surface area contributed by atoms with Gasteiger partial charge in [0.15, 0.2) is 9.84 Å². The van der Waals surface area contributed by atoms with Crippen molar-refractivity contribution in [2.24, 2.45) is 5.92 Å². The molecule has 1 heterocycles. The number of aliphatic carboxylic acids is 1. The Balaban J connectivity index is 1.86. The molecule has 0 fully saturated rings. The lowest BCUT2D eigenvalue weighted by molar-refractivity contribution is -0.142. The summed E-state index contributed by atoms with van der Waals surface area (Å²) in [5.41, 5.74) is 1.26. The van der Waals surface area contributed by atoms with Crippen LogP contribution in [0.4, 0.5) is 0 Å². The smallest absolute Gasteiger partial charge is 0.307 e. The van der Waals surface area contributed by atoms with Crippen molar-refractivity contribution < 1.29 is 23.1 Å². The summed E-state index contributed by atoms with van der Waals surface area (Å²) >= 11 is 12.0. The minimum absolute atomic E-state index is 0.145. The molecule has 0 amide bonds. The normalized spacial score (nSPS) is 18.7. The number of rotatable bonds is 6. The number of carboxylic acids is 1. The zero-order valence-electron chi connectivity index (χ0n) is 14.5. The van der Waals surface area contributed by atoms with E-state index in [1.807, 2.05) is 0 Å². The summed E-state index contributed by atoms with van der Waals surface area (Å²) in [7, 11) is -3.55. The zero-order valence-corrected chi connectivity index (χ0v) is 16.8. The summed E-state index contributed by atoms with van der Waals surface area (Å²) in [5, 5.41) is 10.4. The third-order valence-corrected chi connectivity index (χ3v) is 7.18. The molecule has 2 unspecified atom stereocenters. The van der Waals surface area contributed by atoms with Crippen LogP contribution in [0.3, 0.4) is 0 Å². The first kappa shape index (κ1) is 20.0. The van der Waals surface area contributed by atoms with Crippen LogP contribution < -0.4 is 4.74 Å². The Labute approximate surface area is 167 Å². The summed E-state index contributed by atoms with van der Waals surface area (Å²) < 4.78 is 30.8. The van der Waals surface area contributed by atoms with Crippen LogP contribution in [0.1, 0.15) is 30.4 Å². The van der Waals surface area contributed by atoms with Crippen molar-refractivity contribution in [3.8, 4) is 5.75 Å². The van der Waals surface area contributed by atoms with Gasteiger partial charge in [0, 0.05) is 21.5 Å². The summed E-state index contributed by atoms with van der Waals surface area (Å²) in [5.74, 6) is -2.08. The van der Waals surface area contributed by atoms with Gasteiger partial charge in [-0.1, -0.05) is 42.3 Å². The number of carboxylic acid groups (broad SMARTS) is 1. The van der Waals surface area contributed by atoms with Crippen molar-refractivity contribution in [3.05, 3.63) is 57.6 Å². The fraction of sp³-hybridized carbons (Fsp3) is 0.316. The molecule has 0 radical (unpaired) electrons. The predicted octanol–water partition coefficient (Wildman–Crippen LogP) is 4.55. The molecule has 0 spiro atoms. The van der Waals surface area contributed by atoms with Gasteiger partial charge in [0.05, 0.1) is 16.6 Å². The Bertz CT molecular complexity index is 988. The lowest BCUT2D eigenvalue weighted by Gasteiger charge is -2.17. The van der Waals surface area contributed by atoms with E-state index in [1.165, 1.54) is 6.07 Å². The van der Waals surface area contributed by atoms with Gasteiger partial charge in [0.1, 0.15) is 12.4 Å². The molecule has 0 saturated carbocycles. The van der Waals surface area contributed by atoms with E-state index >= 15 is 0 Å². The maximum Gasteiger partial charge on any atom is 0.307 e. The molecule has 0 aromatic heterocycles. The lowest BCUT2D eigenvalue weighted by Crippen LogP contribution is -2.22. The third-order valence-electron chi connectivity index (χ3n) is 4.77. The summed E-state index contributed by atoms with van der Waals surface area (Å²) in [6, 6.07) is 9.81. The van der Waals surface area contributed by atoms with Crippen LogP contribution in [0.5, 0.6) is 5.75 Å². The molecule has 5 nitrogen and oxygen atoms in total. The zero-order chi connectivity index (χ0) is 19.8. The Hall–Kier alpha value is -1.76. The largest absolute Gasteiger partial charge is 0.489 e. The van der Waals surface area contributed by atoms with Crippen LogP contribution in [-0.4, -0.2) is 25.2 Å². The van der Waals surface area contributed by atoms with Gasteiger partial charge >= 0.3 is 5.97 Å². The topological polar surface area (TPSA) is 80.7 Å². The fourth-order valence-electron chi connectivity index (χ4n) is 3.36. The second-order valence-electron chi connectivity index (χ2n) is 6.46. The Morgan fingerprint density at radius 2 is 2.00 bits per heavy atom. The highest BCUT2D eigenvalue weighted by molar-refractivity contribution is 7.91. The van der Waals surface area contributed by atoms with Gasteiger partial charge in [-0.05, 0) is 36.2 Å². The lowest BCUT2D eigenvalue weighted by atomic mass is 9.86. The first-order valence-electron chi connectivity index (χ1n) is 8.39. The summed E-state index contributed by atoms with van der Waals surface area (Å²) in [6.07, 6.45) is 0.363. The highest BCUT2D eigenvalue weighted by Crippen LogP contribution is 2.42. The fourth-order valence-corrected chi connectivity index (χ4v) is 5.76. The van der Waals surface area contributed by atoms with E-state index in [-0.39, 0.29) is 17.3 Å². The maximum absolute atomic E-state index is 12.5. The number of fused-ring (bicyclic) bond motifs is 1. The number of carbonyl (C=O) groups is 1. The summed E-state index contributed by atoms with van der Waals surface area (Å²) in [6.45, 7) is 1.90. The molecule has 2 aromatic rings. The Morgan fingerprint density at radius 3 is 2.63 bits per heavy atom. The van der Waals surface area contributed by atoms with Crippen LogP contribution in [0.2, 0.25) is 10.0 Å². The van der Waals surface area contributed by atoms with E-state index in [9.17, 15) is 18.3 Å². The minimum Gasteiger partial charge on any atom is -0.489 e. The summed E-state index contributed by atoms with van der Waals surface area (Å²) in [4.78, 5) is 11.6. The number of benzene rings is 2. The van der Waals surface area contributed by atoms with Crippen LogP contribution in [0.25, 0.3) is 0 Å². The number of halogens is 2. The van der Waals surface area contributed by atoms with E-state index in [0.717, 1.165) is 5.56 Å². The van der Waals surface area contributed by atoms with E-state index < -0.39 is 27.6 Å². The molecular weight excluding hydrogens is 411 g/mol. The second kappa shape index (κ2) is 7.70. The van der Waals surface area contributed by atoms with Gasteiger partial charge in [0.2, 0.25) is 0 Å². The maximum atomic E-state index is 12.5. The Kier molecular flexibility index (Phi) is 5.70. The van der Waals surface area contributed by atoms with Crippen LogP contribution in [-0.2, 0) is 21.2 Å². The highest BCUT2D eigenvalue weighted by Gasteiger charge is 2.41. The van der Waals surface area contributed by atoms with Gasteiger partial charge in [-0.3, -0.25) is 4.79 Å². The number of hydrogen-bond acceptors (Lipinski definition) is 4. The molecule has 2 aromatic carbocycles. The molecule has 1 aliphatic heterocycles. The molecule has 1 aliphatic rings. The molecule has 0 bridgehead atoms. The van der Waals surface area contributed by atoms with Crippen molar-refractivity contribution >= 4 is 39.0 Å². The number of hydrogen-bond donors (Lipinski definition) is 1. The third kappa shape index (κ3) is 4.08. The van der Waals surface area contributed by atoms with Crippen molar-refractivity contribution in [1.82, 2.24) is 0 Å². The number of sulfone groups is 1. The molecule has 27 heavy (non-hydrogen) atoms. The molecule has 3 rings (SSSR count). The van der Waals surface area contributed by atoms with E-state index in [4.69, 9.17) is 27.9 Å². The molecule has 8 heteroatoms. The second-order valence-corrected chi connectivity index (χ2v) is 9.31. The Morgan fingerprint density at radius 1 is 1.26 bits per heavy atom. The van der Waals surface area contributed by atoms with E-state index in [2.05, 4.69) is 0 Å². The van der Waals surface area contributed by atoms with Gasteiger partial charge in [-0.25, -0.2) is 8.42 Å². The standard InChI is InChI=1S/C19H18Cl2O5S/c1-2-14(19(22)23)16-10-27(24,25)18-8-13(5-6-15(16)18)26-9-11-3-4-12(20)7-17(11)21/h3-8,14,16H,2,9-10H2,1H3,(H,22,23). The SMILES string of the molecule is CCC(C(=O)O)C1CS(=O)(=O)c2cc(OCc3ccc(Cl)cc3Cl)ccc21. The van der Waals surface area contributed by atoms with Crippen LogP contribution >= 0.6 is 23.2 Å². The molecule has 0 aliphatic carbocycles. The monoisotopic (exact) mass is 428 g/mol. The van der Waals surface area contributed by atoms with Crippen molar-refractivity contribution in [1.29, 1.82) is 0 Å². The van der Waals surface area contributed by atoms with Crippen molar-refractivity contribution in [2.75, 3.05) is 5.75 Å². The molecule has 2 atom stereocenters. The average molecular weight is 429 g/mol. The number of ether oxygens (including phenoxy) is 1. The van der Waals surface area contributed by atoms with Crippen molar-refractivity contribution in [2.45, 2.75) is 30.8 Å². The van der Waals surface area contributed by atoms with Crippen LogP contribution in [0, 0.1) is 5.92 Å². The quantitative estimate of drug-likeness (QED) is 0.729. The van der Waals surface area contributed by atoms with Crippen molar-refractivity contribution in [3.63, 3.8) is 0 Å². The average Bonchev–Trinajstić information content (AvgIpc) is 2.85. The first-order chi connectivity index (χ1) is 12.7. The van der Waals surface area contributed by atoms with E-state index in [1.54, 1.807) is 37.3 Å². The minimum atomic E-state index is -3.55. The molecule has 1 N–H and O–H groups in total. The van der Waals surface area contributed by atoms with E-state index in [0.29, 0.717) is 27.8 Å².